The molecule has 0 aliphatic rings. The van der Waals surface area contributed by atoms with Gasteiger partial charge in [-0.2, -0.15) is 0 Å². The molecule has 0 radical (unpaired) electrons. The summed E-state index contributed by atoms with van der Waals surface area (Å²) in [5.41, 5.74) is 1.52. The Hall–Kier alpha value is -2.56. The average Bonchev–Trinajstić information content (AvgIpc) is 2.96. The molecule has 0 aliphatic heterocycles. The van der Waals surface area contributed by atoms with Gasteiger partial charge >= 0.3 is 0 Å². The van der Waals surface area contributed by atoms with Crippen molar-refractivity contribution in [1.82, 2.24) is 10.6 Å². The minimum Gasteiger partial charge on any atom is -0.467 e. The smallest absolute Gasteiger partial charge is 0.251 e. The lowest BCUT2D eigenvalue weighted by atomic mass is 10.1. The fourth-order valence-electron chi connectivity index (χ4n) is 1.68. The van der Waals surface area contributed by atoms with Crippen molar-refractivity contribution in [2.24, 2.45) is 0 Å². The SMILES string of the molecule is CC(=O)NCc1ccc(C(=O)NCc2ccco2)cc1. The monoisotopic (exact) mass is 272 g/mol. The number of amides is 2. The van der Waals surface area contributed by atoms with Crippen LogP contribution in [0.5, 0.6) is 0 Å². The highest BCUT2D eigenvalue weighted by Crippen LogP contribution is 2.05. The van der Waals surface area contributed by atoms with E-state index in [1.165, 1.54) is 6.92 Å². The van der Waals surface area contributed by atoms with Crippen LogP contribution >= 0.6 is 0 Å². The molecule has 1 aromatic heterocycles. The molecule has 1 heterocycles. The lowest BCUT2D eigenvalue weighted by Crippen LogP contribution is -2.22. The molecule has 2 N–H and O–H groups in total. The van der Waals surface area contributed by atoms with Crippen LogP contribution in [0.25, 0.3) is 0 Å². The van der Waals surface area contributed by atoms with Crippen LogP contribution in [-0.2, 0) is 17.9 Å². The third-order valence-electron chi connectivity index (χ3n) is 2.76. The maximum Gasteiger partial charge on any atom is 0.251 e. The Kier molecular flexibility index (Phi) is 4.55. The molecule has 20 heavy (non-hydrogen) atoms. The van der Waals surface area contributed by atoms with Gasteiger partial charge in [0.1, 0.15) is 5.76 Å². The summed E-state index contributed by atoms with van der Waals surface area (Å²) in [6.45, 7) is 2.29. The number of carbonyl (C=O) groups is 2. The number of furan rings is 1. The van der Waals surface area contributed by atoms with Gasteiger partial charge < -0.3 is 15.1 Å². The number of benzene rings is 1. The summed E-state index contributed by atoms with van der Waals surface area (Å²) in [5, 5.41) is 5.47. The second-order valence-corrected chi connectivity index (χ2v) is 4.37. The first-order valence-electron chi connectivity index (χ1n) is 6.29. The van der Waals surface area contributed by atoms with Gasteiger partial charge in [0, 0.05) is 19.0 Å². The quantitative estimate of drug-likeness (QED) is 0.872. The summed E-state index contributed by atoms with van der Waals surface area (Å²) in [6, 6.07) is 10.7. The maximum absolute atomic E-state index is 11.9. The molecule has 0 unspecified atom stereocenters. The highest BCUT2D eigenvalue weighted by Gasteiger charge is 2.06. The molecule has 0 fully saturated rings. The van der Waals surface area contributed by atoms with Gasteiger partial charge in [-0.05, 0) is 29.8 Å². The molecule has 0 spiro atoms. The third-order valence-corrected chi connectivity index (χ3v) is 2.76. The lowest BCUT2D eigenvalue weighted by molar-refractivity contribution is -0.119. The third kappa shape index (κ3) is 3.98. The molecule has 5 nitrogen and oxygen atoms in total. The van der Waals surface area contributed by atoms with E-state index in [9.17, 15) is 9.59 Å². The highest BCUT2D eigenvalue weighted by molar-refractivity contribution is 5.94. The Bertz CT molecular complexity index is 574. The van der Waals surface area contributed by atoms with Crippen LogP contribution in [-0.4, -0.2) is 11.8 Å². The molecule has 0 aliphatic carbocycles. The molecule has 2 amide bonds. The Morgan fingerprint density at radius 3 is 2.40 bits per heavy atom. The zero-order valence-electron chi connectivity index (χ0n) is 11.2. The Morgan fingerprint density at radius 1 is 1.05 bits per heavy atom. The van der Waals surface area contributed by atoms with Gasteiger partial charge in [-0.15, -0.1) is 0 Å². The van der Waals surface area contributed by atoms with E-state index in [4.69, 9.17) is 4.42 Å². The number of nitrogens with one attached hydrogen (secondary N) is 2. The van der Waals surface area contributed by atoms with Crippen LogP contribution in [0.2, 0.25) is 0 Å². The van der Waals surface area contributed by atoms with Gasteiger partial charge in [-0.1, -0.05) is 12.1 Å². The van der Waals surface area contributed by atoms with E-state index in [1.807, 2.05) is 12.1 Å². The van der Waals surface area contributed by atoms with Crippen molar-refractivity contribution in [3.63, 3.8) is 0 Å². The van der Waals surface area contributed by atoms with Gasteiger partial charge in [0.15, 0.2) is 0 Å². The van der Waals surface area contributed by atoms with Crippen molar-refractivity contribution in [2.45, 2.75) is 20.0 Å². The van der Waals surface area contributed by atoms with Gasteiger partial charge in [0.25, 0.3) is 5.91 Å². The fourth-order valence-corrected chi connectivity index (χ4v) is 1.68. The average molecular weight is 272 g/mol. The molecule has 2 aromatic rings. The van der Waals surface area contributed by atoms with Gasteiger partial charge in [0.05, 0.1) is 12.8 Å². The summed E-state index contributed by atoms with van der Waals surface area (Å²) in [5.74, 6) is 0.471. The zero-order chi connectivity index (χ0) is 14.4. The normalized spacial score (nSPS) is 10.1. The maximum atomic E-state index is 11.9. The molecule has 0 saturated heterocycles. The van der Waals surface area contributed by atoms with Crippen molar-refractivity contribution in [1.29, 1.82) is 0 Å². The van der Waals surface area contributed by atoms with Crippen LogP contribution in [0.1, 0.15) is 28.6 Å². The second kappa shape index (κ2) is 6.56. The molecule has 0 saturated carbocycles. The Balaban J connectivity index is 1.88. The van der Waals surface area contributed by atoms with Crippen LogP contribution in [0.4, 0.5) is 0 Å². The van der Waals surface area contributed by atoms with Crippen molar-refractivity contribution in [3.8, 4) is 0 Å². The predicted molar refractivity (Wildman–Crippen MR) is 73.8 cm³/mol. The number of rotatable bonds is 5. The van der Waals surface area contributed by atoms with E-state index in [1.54, 1.807) is 30.5 Å². The zero-order valence-corrected chi connectivity index (χ0v) is 11.2. The second-order valence-electron chi connectivity index (χ2n) is 4.37. The van der Waals surface area contributed by atoms with Crippen molar-refractivity contribution >= 4 is 11.8 Å². The van der Waals surface area contributed by atoms with Crippen LogP contribution in [0.15, 0.2) is 47.1 Å². The van der Waals surface area contributed by atoms with Gasteiger partial charge in [0.2, 0.25) is 5.91 Å². The first-order valence-corrected chi connectivity index (χ1v) is 6.29. The van der Waals surface area contributed by atoms with E-state index in [2.05, 4.69) is 10.6 Å². The molecular formula is C15H16N2O3. The summed E-state index contributed by atoms with van der Waals surface area (Å²) in [6.07, 6.45) is 1.57. The summed E-state index contributed by atoms with van der Waals surface area (Å²) in [4.78, 5) is 22.7. The van der Waals surface area contributed by atoms with Gasteiger partial charge in [-0.3, -0.25) is 9.59 Å². The fraction of sp³-hybridized carbons (Fsp3) is 0.200. The van der Waals surface area contributed by atoms with Crippen LogP contribution < -0.4 is 10.6 Å². The standard InChI is InChI=1S/C15H16N2O3/c1-11(18)16-9-12-4-6-13(7-5-12)15(19)17-10-14-3-2-8-20-14/h2-8H,9-10H2,1H3,(H,16,18)(H,17,19). The molecule has 104 valence electrons. The first-order chi connectivity index (χ1) is 9.65. The largest absolute Gasteiger partial charge is 0.467 e. The van der Waals surface area contributed by atoms with E-state index >= 15 is 0 Å². The van der Waals surface area contributed by atoms with E-state index in [-0.39, 0.29) is 11.8 Å². The number of carbonyl (C=O) groups excluding carboxylic acids is 2. The van der Waals surface area contributed by atoms with Crippen molar-refractivity contribution in [2.75, 3.05) is 0 Å². The van der Waals surface area contributed by atoms with Crippen molar-refractivity contribution in [3.05, 3.63) is 59.5 Å². The molecule has 2 rings (SSSR count). The van der Waals surface area contributed by atoms with E-state index in [0.717, 1.165) is 5.56 Å². The molecule has 0 atom stereocenters. The van der Waals surface area contributed by atoms with E-state index < -0.39 is 0 Å². The molecule has 5 heteroatoms. The first kappa shape index (κ1) is 13.9. The van der Waals surface area contributed by atoms with Crippen LogP contribution in [0.3, 0.4) is 0 Å². The minimum absolute atomic E-state index is 0.0785. The van der Waals surface area contributed by atoms with E-state index in [0.29, 0.717) is 24.4 Å². The van der Waals surface area contributed by atoms with Crippen LogP contribution in [0, 0.1) is 0 Å². The molecule has 0 bridgehead atoms. The highest BCUT2D eigenvalue weighted by atomic mass is 16.3. The lowest BCUT2D eigenvalue weighted by Gasteiger charge is -2.05. The molecule has 1 aromatic carbocycles. The summed E-state index contributed by atoms with van der Waals surface area (Å²) in [7, 11) is 0. The van der Waals surface area contributed by atoms with Crippen molar-refractivity contribution < 1.29 is 14.0 Å². The van der Waals surface area contributed by atoms with Gasteiger partial charge in [-0.25, -0.2) is 0 Å². The summed E-state index contributed by atoms with van der Waals surface area (Å²) >= 11 is 0. The number of hydrogen-bond donors (Lipinski definition) is 2. The summed E-state index contributed by atoms with van der Waals surface area (Å²) < 4.78 is 5.14. The molecular weight excluding hydrogens is 256 g/mol. The minimum atomic E-state index is -0.160. The predicted octanol–water partition coefficient (Wildman–Crippen LogP) is 1.85. The Morgan fingerprint density at radius 2 is 1.80 bits per heavy atom. The topological polar surface area (TPSA) is 71.3 Å². The Labute approximate surface area is 117 Å². The number of hydrogen-bond acceptors (Lipinski definition) is 3.